The molecule has 0 radical (unpaired) electrons. The standard InChI is InChI=1S/C14H17NO3/c1-9(14(17)18)15-13(16)8-10-5-6-11-3-2-4-12(11)7-10/h5-7,9H,2-4,8H2,1H3,(H,15,16)(H,17,18)/t9-/m1/s1. The maximum atomic E-state index is 11.7. The molecule has 0 aromatic heterocycles. The summed E-state index contributed by atoms with van der Waals surface area (Å²) in [6.07, 6.45) is 3.63. The van der Waals surface area contributed by atoms with Crippen molar-refractivity contribution in [2.45, 2.75) is 38.6 Å². The van der Waals surface area contributed by atoms with Crippen molar-refractivity contribution in [1.82, 2.24) is 5.32 Å². The molecule has 0 saturated heterocycles. The Hall–Kier alpha value is -1.84. The highest BCUT2D eigenvalue weighted by molar-refractivity contribution is 5.84. The molecular weight excluding hydrogens is 230 g/mol. The monoisotopic (exact) mass is 247 g/mol. The minimum atomic E-state index is -1.02. The highest BCUT2D eigenvalue weighted by Gasteiger charge is 2.15. The molecule has 2 N–H and O–H groups in total. The molecule has 4 heteroatoms. The van der Waals surface area contributed by atoms with Crippen LogP contribution in [0.3, 0.4) is 0 Å². The van der Waals surface area contributed by atoms with Gasteiger partial charge in [-0.2, -0.15) is 0 Å². The van der Waals surface area contributed by atoms with Crippen LogP contribution in [0.5, 0.6) is 0 Å². The Bertz CT molecular complexity index is 482. The molecule has 4 nitrogen and oxygen atoms in total. The number of rotatable bonds is 4. The number of amides is 1. The molecule has 0 spiro atoms. The third kappa shape index (κ3) is 2.88. The van der Waals surface area contributed by atoms with Gasteiger partial charge in [-0.1, -0.05) is 18.2 Å². The predicted molar refractivity (Wildman–Crippen MR) is 67.4 cm³/mol. The van der Waals surface area contributed by atoms with Gasteiger partial charge in [0.15, 0.2) is 0 Å². The summed E-state index contributed by atoms with van der Waals surface area (Å²) in [6, 6.07) is 5.25. The van der Waals surface area contributed by atoms with E-state index < -0.39 is 12.0 Å². The molecule has 1 atom stereocenters. The van der Waals surface area contributed by atoms with E-state index in [0.29, 0.717) is 0 Å². The lowest BCUT2D eigenvalue weighted by Gasteiger charge is -2.10. The highest BCUT2D eigenvalue weighted by Crippen LogP contribution is 2.22. The van der Waals surface area contributed by atoms with Crippen molar-refractivity contribution in [2.75, 3.05) is 0 Å². The van der Waals surface area contributed by atoms with E-state index in [1.54, 1.807) is 0 Å². The number of carboxylic acids is 1. The van der Waals surface area contributed by atoms with Crippen molar-refractivity contribution in [1.29, 1.82) is 0 Å². The average Bonchev–Trinajstić information content (AvgIpc) is 2.75. The molecule has 1 aromatic rings. The molecule has 1 amide bonds. The van der Waals surface area contributed by atoms with E-state index in [1.165, 1.54) is 24.5 Å². The lowest BCUT2D eigenvalue weighted by molar-refractivity contribution is -0.141. The van der Waals surface area contributed by atoms with Gasteiger partial charge in [0.05, 0.1) is 6.42 Å². The van der Waals surface area contributed by atoms with Gasteiger partial charge in [0.2, 0.25) is 5.91 Å². The summed E-state index contributed by atoms with van der Waals surface area (Å²) in [4.78, 5) is 22.3. The lowest BCUT2D eigenvalue weighted by Crippen LogP contribution is -2.39. The summed E-state index contributed by atoms with van der Waals surface area (Å²) in [5, 5.41) is 11.2. The molecule has 18 heavy (non-hydrogen) atoms. The van der Waals surface area contributed by atoms with Gasteiger partial charge in [0.1, 0.15) is 6.04 Å². The van der Waals surface area contributed by atoms with Gasteiger partial charge in [-0.25, -0.2) is 0 Å². The topological polar surface area (TPSA) is 66.4 Å². The molecule has 2 rings (SSSR count). The van der Waals surface area contributed by atoms with Crippen LogP contribution >= 0.6 is 0 Å². The van der Waals surface area contributed by atoms with E-state index in [1.807, 2.05) is 6.07 Å². The van der Waals surface area contributed by atoms with E-state index in [0.717, 1.165) is 18.4 Å². The number of carbonyl (C=O) groups is 2. The fourth-order valence-electron chi connectivity index (χ4n) is 2.27. The lowest BCUT2D eigenvalue weighted by atomic mass is 10.0. The average molecular weight is 247 g/mol. The Morgan fingerprint density at radius 2 is 2.06 bits per heavy atom. The number of carbonyl (C=O) groups excluding carboxylic acids is 1. The second-order valence-electron chi connectivity index (χ2n) is 4.76. The van der Waals surface area contributed by atoms with Crippen LogP contribution in [0.15, 0.2) is 18.2 Å². The Kier molecular flexibility index (Phi) is 3.65. The van der Waals surface area contributed by atoms with Gasteiger partial charge < -0.3 is 10.4 Å². The number of aryl methyl sites for hydroxylation is 2. The number of fused-ring (bicyclic) bond motifs is 1. The summed E-state index contributed by atoms with van der Waals surface area (Å²) >= 11 is 0. The molecule has 0 heterocycles. The van der Waals surface area contributed by atoms with E-state index in [-0.39, 0.29) is 12.3 Å². The Morgan fingerprint density at radius 1 is 1.33 bits per heavy atom. The summed E-state index contributed by atoms with van der Waals surface area (Å²) in [6.45, 7) is 1.46. The summed E-state index contributed by atoms with van der Waals surface area (Å²) in [7, 11) is 0. The first-order valence-corrected chi connectivity index (χ1v) is 6.19. The van der Waals surface area contributed by atoms with Crippen molar-refractivity contribution in [3.05, 3.63) is 34.9 Å². The van der Waals surface area contributed by atoms with Crippen LogP contribution in [0.4, 0.5) is 0 Å². The first-order valence-electron chi connectivity index (χ1n) is 6.19. The van der Waals surface area contributed by atoms with Gasteiger partial charge in [-0.3, -0.25) is 9.59 Å². The minimum absolute atomic E-state index is 0.241. The third-order valence-corrected chi connectivity index (χ3v) is 3.28. The molecule has 0 saturated carbocycles. The molecule has 1 aliphatic carbocycles. The molecular formula is C14H17NO3. The van der Waals surface area contributed by atoms with Gasteiger partial charge >= 0.3 is 5.97 Å². The summed E-state index contributed by atoms with van der Waals surface area (Å²) < 4.78 is 0. The fraction of sp³-hybridized carbons (Fsp3) is 0.429. The second kappa shape index (κ2) is 5.21. The zero-order chi connectivity index (χ0) is 13.1. The molecule has 96 valence electrons. The van der Waals surface area contributed by atoms with Crippen LogP contribution < -0.4 is 5.32 Å². The Labute approximate surface area is 106 Å². The van der Waals surface area contributed by atoms with Gasteiger partial charge in [0, 0.05) is 0 Å². The van der Waals surface area contributed by atoms with Crippen LogP contribution in [0.1, 0.15) is 30.0 Å². The number of carboxylic acid groups (broad SMARTS) is 1. The summed E-state index contributed by atoms with van der Waals surface area (Å²) in [5.74, 6) is -1.26. The van der Waals surface area contributed by atoms with Gasteiger partial charge in [-0.15, -0.1) is 0 Å². The van der Waals surface area contributed by atoms with Crippen LogP contribution in [-0.4, -0.2) is 23.0 Å². The van der Waals surface area contributed by atoms with Crippen LogP contribution in [0.2, 0.25) is 0 Å². The Morgan fingerprint density at radius 3 is 2.78 bits per heavy atom. The minimum Gasteiger partial charge on any atom is -0.480 e. The number of benzene rings is 1. The number of aliphatic carboxylic acids is 1. The largest absolute Gasteiger partial charge is 0.480 e. The van der Waals surface area contributed by atoms with E-state index in [9.17, 15) is 9.59 Å². The maximum absolute atomic E-state index is 11.7. The van der Waals surface area contributed by atoms with Crippen molar-refractivity contribution >= 4 is 11.9 Å². The van der Waals surface area contributed by atoms with Gasteiger partial charge in [0.25, 0.3) is 0 Å². The molecule has 0 fully saturated rings. The maximum Gasteiger partial charge on any atom is 0.325 e. The fourth-order valence-corrected chi connectivity index (χ4v) is 2.27. The first kappa shape index (κ1) is 12.6. The molecule has 1 aromatic carbocycles. The van der Waals surface area contributed by atoms with Crippen molar-refractivity contribution in [3.8, 4) is 0 Å². The zero-order valence-electron chi connectivity index (χ0n) is 10.4. The smallest absolute Gasteiger partial charge is 0.325 e. The van der Waals surface area contributed by atoms with E-state index in [4.69, 9.17) is 5.11 Å². The van der Waals surface area contributed by atoms with Crippen molar-refractivity contribution in [2.24, 2.45) is 0 Å². The molecule has 0 aliphatic heterocycles. The normalized spacial score (nSPS) is 14.9. The Balaban J connectivity index is 1.97. The predicted octanol–water partition coefficient (Wildman–Crippen LogP) is 1.31. The first-order chi connectivity index (χ1) is 8.56. The summed E-state index contributed by atoms with van der Waals surface area (Å²) in [5.41, 5.74) is 3.65. The van der Waals surface area contributed by atoms with Crippen LogP contribution in [0.25, 0.3) is 0 Å². The van der Waals surface area contributed by atoms with Crippen LogP contribution in [-0.2, 0) is 28.9 Å². The van der Waals surface area contributed by atoms with E-state index >= 15 is 0 Å². The quantitative estimate of drug-likeness (QED) is 0.843. The van der Waals surface area contributed by atoms with Crippen molar-refractivity contribution < 1.29 is 14.7 Å². The molecule has 0 unspecified atom stereocenters. The highest BCUT2D eigenvalue weighted by atomic mass is 16.4. The van der Waals surface area contributed by atoms with Crippen LogP contribution in [0, 0.1) is 0 Å². The zero-order valence-corrected chi connectivity index (χ0v) is 10.4. The number of nitrogens with one attached hydrogen (secondary N) is 1. The van der Waals surface area contributed by atoms with E-state index in [2.05, 4.69) is 17.4 Å². The number of hydrogen-bond acceptors (Lipinski definition) is 2. The van der Waals surface area contributed by atoms with Gasteiger partial charge in [-0.05, 0) is 42.9 Å². The number of hydrogen-bond donors (Lipinski definition) is 2. The van der Waals surface area contributed by atoms with Crippen molar-refractivity contribution in [3.63, 3.8) is 0 Å². The second-order valence-corrected chi connectivity index (χ2v) is 4.76. The molecule has 0 bridgehead atoms. The SMILES string of the molecule is C[C@@H](NC(=O)Cc1ccc2c(c1)CCC2)C(=O)O. The molecule has 1 aliphatic rings. The third-order valence-electron chi connectivity index (χ3n) is 3.28.